The number of ether oxygens (including phenoxy) is 2. The number of anilines is 1. The Kier molecular flexibility index (Phi) is 6.71. The number of hydrogen-bond donors (Lipinski definition) is 3. The third-order valence-electron chi connectivity index (χ3n) is 6.85. The van der Waals surface area contributed by atoms with Crippen LogP contribution >= 0.6 is 0 Å². The van der Waals surface area contributed by atoms with Crippen LogP contribution in [0.4, 0.5) is 14.5 Å². The predicted octanol–water partition coefficient (Wildman–Crippen LogP) is 3.40. The van der Waals surface area contributed by atoms with Crippen molar-refractivity contribution >= 4 is 17.5 Å². The molecule has 1 saturated carbocycles. The smallest absolute Gasteiger partial charge is 0.224 e. The molecule has 9 heteroatoms. The molecule has 2 aromatic carbocycles. The van der Waals surface area contributed by atoms with Gasteiger partial charge in [-0.1, -0.05) is 0 Å². The fourth-order valence-electron chi connectivity index (χ4n) is 4.91. The molecular formula is C26H28F2N2O5. The number of aliphatic hydroxyl groups is 1. The summed E-state index contributed by atoms with van der Waals surface area (Å²) in [5.74, 6) is -0.498. The summed E-state index contributed by atoms with van der Waals surface area (Å²) in [5.41, 5.74) is 1.66. The lowest BCUT2D eigenvalue weighted by molar-refractivity contribution is -0.142. The zero-order valence-electron chi connectivity index (χ0n) is 19.1. The van der Waals surface area contributed by atoms with E-state index in [1.165, 1.54) is 0 Å². The zero-order valence-corrected chi connectivity index (χ0v) is 19.1. The molecule has 2 aliphatic heterocycles. The van der Waals surface area contributed by atoms with Crippen LogP contribution in [0.2, 0.25) is 0 Å². The Morgan fingerprint density at radius 2 is 1.89 bits per heavy atom. The predicted molar refractivity (Wildman–Crippen MR) is 123 cm³/mol. The standard InChI is InChI=1S/C26H28F2N2O5/c27-16-3-5-21(28)15(8-16)12-29-24(32)11-18-10-20-19-9-17(30-25(33)7-14-1-2-14)4-6-22(19)35-26(20)23(13-31)34-18/h3-6,8-9,14,18,20,23,26,31H,1-2,7,10-13H2,(H,29,32)(H,30,33)/t18-,20-,23-,26+/m1/s1. The molecule has 7 nitrogen and oxygen atoms in total. The summed E-state index contributed by atoms with van der Waals surface area (Å²) in [6, 6.07) is 8.60. The van der Waals surface area contributed by atoms with E-state index >= 15 is 0 Å². The number of rotatable bonds is 8. The van der Waals surface area contributed by atoms with E-state index in [9.17, 15) is 23.5 Å². The lowest BCUT2D eigenvalue weighted by atomic mass is 9.84. The molecule has 0 unspecified atom stereocenters. The molecule has 4 atom stereocenters. The Labute approximate surface area is 201 Å². The van der Waals surface area contributed by atoms with E-state index in [2.05, 4.69) is 10.6 Å². The molecule has 2 aromatic rings. The molecule has 1 saturated heterocycles. The third kappa shape index (κ3) is 5.46. The van der Waals surface area contributed by atoms with Crippen LogP contribution in [0.1, 0.15) is 49.1 Å². The molecule has 2 heterocycles. The van der Waals surface area contributed by atoms with Gasteiger partial charge in [0.25, 0.3) is 0 Å². The average Bonchev–Trinajstić information content (AvgIpc) is 3.57. The summed E-state index contributed by atoms with van der Waals surface area (Å²) < 4.78 is 39.2. The van der Waals surface area contributed by atoms with Crippen LogP contribution in [0.25, 0.3) is 0 Å². The Bertz CT molecular complexity index is 1120. The first-order chi connectivity index (χ1) is 16.9. The Hall–Kier alpha value is -3.04. The van der Waals surface area contributed by atoms with Crippen molar-refractivity contribution in [2.24, 2.45) is 5.92 Å². The van der Waals surface area contributed by atoms with Crippen molar-refractivity contribution in [3.05, 3.63) is 59.2 Å². The monoisotopic (exact) mass is 486 g/mol. The summed E-state index contributed by atoms with van der Waals surface area (Å²) in [6.07, 6.45) is 1.71. The molecule has 0 bridgehead atoms. The maximum atomic E-state index is 13.8. The molecule has 186 valence electrons. The van der Waals surface area contributed by atoms with E-state index < -0.39 is 29.9 Å². The molecule has 0 spiro atoms. The average molecular weight is 487 g/mol. The van der Waals surface area contributed by atoms with Crippen LogP contribution in [-0.2, 0) is 20.9 Å². The zero-order chi connectivity index (χ0) is 24.5. The van der Waals surface area contributed by atoms with Crippen LogP contribution in [0.5, 0.6) is 5.75 Å². The molecule has 3 aliphatic rings. The van der Waals surface area contributed by atoms with E-state index in [0.717, 1.165) is 36.6 Å². The van der Waals surface area contributed by atoms with E-state index in [1.54, 1.807) is 6.07 Å². The highest BCUT2D eigenvalue weighted by atomic mass is 19.1. The number of benzene rings is 2. The van der Waals surface area contributed by atoms with Gasteiger partial charge < -0.3 is 25.2 Å². The number of halogens is 2. The summed E-state index contributed by atoms with van der Waals surface area (Å²) in [4.78, 5) is 24.8. The van der Waals surface area contributed by atoms with Crippen molar-refractivity contribution in [3.63, 3.8) is 0 Å². The van der Waals surface area contributed by atoms with E-state index in [0.29, 0.717) is 30.2 Å². The fourth-order valence-corrected chi connectivity index (χ4v) is 4.91. The minimum absolute atomic E-state index is 0.00377. The maximum absolute atomic E-state index is 13.8. The Balaban J connectivity index is 1.23. The van der Waals surface area contributed by atoms with E-state index in [4.69, 9.17) is 9.47 Å². The normalized spacial score (nSPS) is 24.8. The minimum Gasteiger partial charge on any atom is -0.487 e. The molecule has 0 aromatic heterocycles. The molecule has 3 N–H and O–H groups in total. The lowest BCUT2D eigenvalue weighted by Crippen LogP contribution is -2.47. The van der Waals surface area contributed by atoms with Gasteiger partial charge in [-0.15, -0.1) is 0 Å². The van der Waals surface area contributed by atoms with Gasteiger partial charge in [-0.05, 0) is 61.6 Å². The second-order valence-electron chi connectivity index (χ2n) is 9.57. The van der Waals surface area contributed by atoms with Crippen LogP contribution in [0.3, 0.4) is 0 Å². The van der Waals surface area contributed by atoms with Gasteiger partial charge in [0.2, 0.25) is 11.8 Å². The number of amides is 2. The second-order valence-corrected chi connectivity index (χ2v) is 9.57. The molecule has 2 fully saturated rings. The first-order valence-electron chi connectivity index (χ1n) is 12.0. The van der Waals surface area contributed by atoms with Crippen LogP contribution in [0.15, 0.2) is 36.4 Å². The Morgan fingerprint density at radius 3 is 2.66 bits per heavy atom. The quantitative estimate of drug-likeness (QED) is 0.532. The van der Waals surface area contributed by atoms with Crippen molar-refractivity contribution in [1.82, 2.24) is 5.32 Å². The van der Waals surface area contributed by atoms with Crippen molar-refractivity contribution < 1.29 is 33.0 Å². The van der Waals surface area contributed by atoms with E-state index in [1.807, 2.05) is 12.1 Å². The summed E-state index contributed by atoms with van der Waals surface area (Å²) in [7, 11) is 0. The number of nitrogens with one attached hydrogen (secondary N) is 2. The van der Waals surface area contributed by atoms with Gasteiger partial charge in [0.15, 0.2) is 0 Å². The molecule has 0 radical (unpaired) electrons. The van der Waals surface area contributed by atoms with Gasteiger partial charge in [0, 0.05) is 35.7 Å². The molecule has 35 heavy (non-hydrogen) atoms. The second kappa shape index (κ2) is 9.91. The topological polar surface area (TPSA) is 96.9 Å². The highest BCUT2D eigenvalue weighted by molar-refractivity contribution is 5.91. The number of carbonyl (C=O) groups is 2. The van der Waals surface area contributed by atoms with Crippen LogP contribution < -0.4 is 15.4 Å². The molecule has 2 amide bonds. The SMILES string of the molecule is O=C(C[C@H]1C[C@@H]2c3cc(NC(=O)CC4CC4)ccc3O[C@@H]2[C@@H](CO)O1)NCc1cc(F)ccc1F. The third-order valence-corrected chi connectivity index (χ3v) is 6.85. The van der Waals surface area contributed by atoms with Crippen molar-refractivity contribution in [1.29, 1.82) is 0 Å². The van der Waals surface area contributed by atoms with Crippen molar-refractivity contribution in [2.45, 2.75) is 62.9 Å². The van der Waals surface area contributed by atoms with Crippen molar-refractivity contribution in [3.8, 4) is 5.75 Å². The maximum Gasteiger partial charge on any atom is 0.224 e. The van der Waals surface area contributed by atoms with Gasteiger partial charge in [-0.3, -0.25) is 9.59 Å². The summed E-state index contributed by atoms with van der Waals surface area (Å²) in [5, 5.41) is 15.5. The fraction of sp³-hybridized carbons (Fsp3) is 0.462. The molecular weight excluding hydrogens is 458 g/mol. The van der Waals surface area contributed by atoms with Gasteiger partial charge in [-0.25, -0.2) is 8.78 Å². The van der Waals surface area contributed by atoms with E-state index in [-0.39, 0.29) is 42.9 Å². The van der Waals surface area contributed by atoms with Gasteiger partial charge in [0.1, 0.15) is 29.6 Å². The van der Waals surface area contributed by atoms with Gasteiger partial charge in [-0.2, -0.15) is 0 Å². The number of carbonyl (C=O) groups excluding carboxylic acids is 2. The first kappa shape index (κ1) is 23.7. The number of fused-ring (bicyclic) bond motifs is 3. The molecule has 1 aliphatic carbocycles. The first-order valence-corrected chi connectivity index (χ1v) is 12.0. The van der Waals surface area contributed by atoms with Crippen LogP contribution in [0, 0.1) is 17.6 Å². The highest BCUT2D eigenvalue weighted by Gasteiger charge is 2.46. The van der Waals surface area contributed by atoms with Gasteiger partial charge >= 0.3 is 0 Å². The number of hydrogen-bond acceptors (Lipinski definition) is 5. The Morgan fingerprint density at radius 1 is 1.06 bits per heavy atom. The number of aliphatic hydroxyl groups excluding tert-OH is 1. The summed E-state index contributed by atoms with van der Waals surface area (Å²) in [6.45, 7) is -0.409. The largest absolute Gasteiger partial charge is 0.487 e. The molecule has 5 rings (SSSR count). The van der Waals surface area contributed by atoms with Crippen LogP contribution in [-0.4, -0.2) is 41.8 Å². The highest BCUT2D eigenvalue weighted by Crippen LogP contribution is 2.47. The van der Waals surface area contributed by atoms with Crippen molar-refractivity contribution in [2.75, 3.05) is 11.9 Å². The lowest BCUT2D eigenvalue weighted by Gasteiger charge is -2.37. The summed E-state index contributed by atoms with van der Waals surface area (Å²) >= 11 is 0. The van der Waals surface area contributed by atoms with Gasteiger partial charge in [0.05, 0.1) is 19.1 Å². The minimum atomic E-state index is -0.618.